The van der Waals surface area contributed by atoms with Crippen LogP contribution in [0.25, 0.3) is 0 Å². The van der Waals surface area contributed by atoms with Crippen LogP contribution >= 0.6 is 0 Å². The molecule has 2 amide bonds. The average molecular weight is 357 g/mol. The molecule has 26 heavy (non-hydrogen) atoms. The monoisotopic (exact) mass is 357 g/mol. The van der Waals surface area contributed by atoms with Gasteiger partial charge in [0.2, 0.25) is 0 Å². The average Bonchev–Trinajstić information content (AvgIpc) is 2.68. The smallest absolute Gasteiger partial charge is 0.269 e. The molecule has 1 heterocycles. The minimum absolute atomic E-state index is 0.204. The first-order valence-electron chi connectivity index (χ1n) is 8.36. The molecule has 7 nitrogen and oxygen atoms in total. The van der Waals surface area contributed by atoms with Gasteiger partial charge in [-0.3, -0.25) is 14.6 Å². The summed E-state index contributed by atoms with van der Waals surface area (Å²) >= 11 is 0. The van der Waals surface area contributed by atoms with Gasteiger partial charge in [0, 0.05) is 24.4 Å². The van der Waals surface area contributed by atoms with Gasteiger partial charge in [0.25, 0.3) is 11.8 Å². The van der Waals surface area contributed by atoms with Crippen LogP contribution in [0, 0.1) is 0 Å². The summed E-state index contributed by atoms with van der Waals surface area (Å²) in [6.07, 6.45) is 3.32. The second kappa shape index (κ2) is 9.41. The fourth-order valence-electron chi connectivity index (χ4n) is 2.26. The van der Waals surface area contributed by atoms with Gasteiger partial charge in [0.05, 0.1) is 19.9 Å². The van der Waals surface area contributed by atoms with Crippen LogP contribution in [0.5, 0.6) is 11.5 Å². The molecule has 0 saturated heterocycles. The van der Waals surface area contributed by atoms with Gasteiger partial charge in [-0.25, -0.2) is 0 Å². The van der Waals surface area contributed by atoms with Crippen LogP contribution in [-0.2, 0) is 0 Å². The minimum atomic E-state index is -0.363. The Morgan fingerprint density at radius 3 is 2.58 bits per heavy atom. The van der Waals surface area contributed by atoms with E-state index in [1.54, 1.807) is 31.4 Å². The maximum Gasteiger partial charge on any atom is 0.269 e. The molecule has 1 aromatic carbocycles. The summed E-state index contributed by atoms with van der Waals surface area (Å²) in [4.78, 5) is 28.6. The molecule has 0 fully saturated rings. The van der Waals surface area contributed by atoms with E-state index >= 15 is 0 Å². The number of unbranched alkanes of at least 4 members (excludes halogenated alkanes) is 1. The molecular weight excluding hydrogens is 334 g/mol. The Morgan fingerprint density at radius 2 is 1.88 bits per heavy atom. The summed E-state index contributed by atoms with van der Waals surface area (Å²) in [5.41, 5.74) is 1.04. The highest BCUT2D eigenvalue weighted by molar-refractivity contribution is 6.06. The van der Waals surface area contributed by atoms with Crippen LogP contribution < -0.4 is 20.1 Å². The standard InChI is InChI=1S/C19H23N3O4/c1-4-5-9-21-19(24)16-11-13(8-10-20-16)18(23)22-15-7-6-14(25-2)12-17(15)26-3/h6-8,10-12H,4-5,9H2,1-3H3,(H,21,24)(H,22,23). The Balaban J connectivity index is 2.13. The summed E-state index contributed by atoms with van der Waals surface area (Å²) in [6, 6.07) is 8.10. The Bertz CT molecular complexity index is 777. The molecular formula is C19H23N3O4. The van der Waals surface area contributed by atoms with E-state index in [9.17, 15) is 9.59 Å². The molecule has 0 saturated carbocycles. The lowest BCUT2D eigenvalue weighted by Gasteiger charge is -2.12. The van der Waals surface area contributed by atoms with Gasteiger partial charge in [0.15, 0.2) is 0 Å². The highest BCUT2D eigenvalue weighted by Gasteiger charge is 2.14. The Kier molecular flexibility index (Phi) is 6.96. The van der Waals surface area contributed by atoms with Crippen LogP contribution in [0.1, 0.15) is 40.6 Å². The van der Waals surface area contributed by atoms with Gasteiger partial charge in [-0.2, -0.15) is 0 Å². The quantitative estimate of drug-likeness (QED) is 0.709. The van der Waals surface area contributed by atoms with E-state index in [0.29, 0.717) is 29.3 Å². The Morgan fingerprint density at radius 1 is 1.08 bits per heavy atom. The zero-order valence-corrected chi connectivity index (χ0v) is 15.2. The van der Waals surface area contributed by atoms with Crippen molar-refractivity contribution in [3.8, 4) is 11.5 Å². The number of hydrogen-bond donors (Lipinski definition) is 2. The predicted octanol–water partition coefficient (Wildman–Crippen LogP) is 2.88. The summed E-state index contributed by atoms with van der Waals surface area (Å²) < 4.78 is 10.4. The van der Waals surface area contributed by atoms with Crippen molar-refractivity contribution in [2.75, 3.05) is 26.1 Å². The molecule has 2 rings (SSSR count). The first-order chi connectivity index (χ1) is 12.6. The normalized spacial score (nSPS) is 10.1. The first kappa shape index (κ1) is 19.2. The van der Waals surface area contributed by atoms with Crippen LogP contribution in [0.2, 0.25) is 0 Å². The van der Waals surface area contributed by atoms with Gasteiger partial charge in [0.1, 0.15) is 17.2 Å². The van der Waals surface area contributed by atoms with Crippen LogP contribution in [-0.4, -0.2) is 37.6 Å². The number of amides is 2. The molecule has 138 valence electrons. The molecule has 0 unspecified atom stereocenters. The maximum absolute atomic E-state index is 12.5. The van der Waals surface area contributed by atoms with Crippen molar-refractivity contribution in [2.45, 2.75) is 19.8 Å². The zero-order chi connectivity index (χ0) is 18.9. The highest BCUT2D eigenvalue weighted by Crippen LogP contribution is 2.29. The molecule has 2 N–H and O–H groups in total. The van der Waals surface area contributed by atoms with Crippen LogP contribution in [0.3, 0.4) is 0 Å². The van der Waals surface area contributed by atoms with E-state index in [-0.39, 0.29) is 17.5 Å². The van der Waals surface area contributed by atoms with E-state index in [1.807, 2.05) is 6.92 Å². The fourth-order valence-corrected chi connectivity index (χ4v) is 2.26. The van der Waals surface area contributed by atoms with Gasteiger partial charge in [-0.05, 0) is 30.7 Å². The third-order valence-corrected chi connectivity index (χ3v) is 3.73. The van der Waals surface area contributed by atoms with Crippen LogP contribution in [0.15, 0.2) is 36.5 Å². The molecule has 0 atom stereocenters. The number of ether oxygens (including phenoxy) is 2. The lowest BCUT2D eigenvalue weighted by molar-refractivity contribution is 0.0948. The van der Waals surface area contributed by atoms with E-state index in [0.717, 1.165) is 12.8 Å². The summed E-state index contributed by atoms with van der Waals surface area (Å²) in [5.74, 6) is 0.438. The van der Waals surface area contributed by atoms with Gasteiger partial charge < -0.3 is 20.1 Å². The molecule has 2 aromatic rings. The molecule has 1 aromatic heterocycles. The lowest BCUT2D eigenvalue weighted by atomic mass is 10.2. The van der Waals surface area contributed by atoms with Crippen molar-refractivity contribution in [3.63, 3.8) is 0 Å². The second-order valence-electron chi connectivity index (χ2n) is 5.56. The SMILES string of the molecule is CCCCNC(=O)c1cc(C(=O)Nc2ccc(OC)cc2OC)ccn1. The fraction of sp³-hybridized carbons (Fsp3) is 0.316. The number of rotatable bonds is 8. The number of nitrogens with one attached hydrogen (secondary N) is 2. The molecule has 0 aliphatic carbocycles. The topological polar surface area (TPSA) is 89.6 Å². The van der Waals surface area contributed by atoms with Crippen molar-refractivity contribution >= 4 is 17.5 Å². The highest BCUT2D eigenvalue weighted by atomic mass is 16.5. The van der Waals surface area contributed by atoms with Crippen molar-refractivity contribution in [3.05, 3.63) is 47.8 Å². The van der Waals surface area contributed by atoms with E-state index in [4.69, 9.17) is 9.47 Å². The third-order valence-electron chi connectivity index (χ3n) is 3.73. The number of benzene rings is 1. The van der Waals surface area contributed by atoms with Crippen LogP contribution in [0.4, 0.5) is 5.69 Å². The molecule has 0 spiro atoms. The maximum atomic E-state index is 12.5. The second-order valence-corrected chi connectivity index (χ2v) is 5.56. The van der Waals surface area contributed by atoms with E-state index < -0.39 is 0 Å². The van der Waals surface area contributed by atoms with Crippen molar-refractivity contribution in [2.24, 2.45) is 0 Å². The van der Waals surface area contributed by atoms with E-state index in [1.165, 1.54) is 19.4 Å². The van der Waals surface area contributed by atoms with Crippen molar-refractivity contribution in [1.82, 2.24) is 10.3 Å². The summed E-state index contributed by atoms with van der Waals surface area (Å²) in [6.45, 7) is 2.62. The number of carbonyl (C=O) groups is 2. The molecule has 0 bridgehead atoms. The van der Waals surface area contributed by atoms with Gasteiger partial charge >= 0.3 is 0 Å². The zero-order valence-electron chi connectivity index (χ0n) is 15.2. The third kappa shape index (κ3) is 4.95. The lowest BCUT2D eigenvalue weighted by Crippen LogP contribution is -2.25. The summed E-state index contributed by atoms with van der Waals surface area (Å²) in [5, 5.41) is 5.55. The number of aromatic nitrogens is 1. The number of anilines is 1. The van der Waals surface area contributed by atoms with Crippen molar-refractivity contribution < 1.29 is 19.1 Å². The number of nitrogens with zero attached hydrogens (tertiary/aromatic N) is 1. The van der Waals surface area contributed by atoms with Gasteiger partial charge in [-0.1, -0.05) is 13.3 Å². The Hall–Kier alpha value is -3.09. The van der Waals surface area contributed by atoms with Crippen molar-refractivity contribution in [1.29, 1.82) is 0 Å². The number of methoxy groups -OCH3 is 2. The largest absolute Gasteiger partial charge is 0.497 e. The predicted molar refractivity (Wildman–Crippen MR) is 99.0 cm³/mol. The minimum Gasteiger partial charge on any atom is -0.497 e. The summed E-state index contributed by atoms with van der Waals surface area (Å²) in [7, 11) is 3.06. The Labute approximate surface area is 152 Å². The number of carbonyl (C=O) groups excluding carboxylic acids is 2. The van der Waals surface area contributed by atoms with Gasteiger partial charge in [-0.15, -0.1) is 0 Å². The molecule has 7 heteroatoms. The molecule has 0 aliphatic rings. The molecule has 0 radical (unpaired) electrons. The first-order valence-corrected chi connectivity index (χ1v) is 8.36. The van der Waals surface area contributed by atoms with E-state index in [2.05, 4.69) is 15.6 Å². The number of pyridine rings is 1. The molecule has 0 aliphatic heterocycles. The number of hydrogen-bond acceptors (Lipinski definition) is 5.